The number of carbonyl (C=O) groups excluding carboxylic acids is 2. The van der Waals surface area contributed by atoms with E-state index < -0.39 is 18.0 Å². The fourth-order valence-electron chi connectivity index (χ4n) is 4.51. The van der Waals surface area contributed by atoms with Gasteiger partial charge in [0, 0.05) is 37.1 Å². The van der Waals surface area contributed by atoms with Crippen LogP contribution >= 0.6 is 0 Å². The molecule has 3 heterocycles. The van der Waals surface area contributed by atoms with Crippen LogP contribution in [0, 0.1) is 0 Å². The van der Waals surface area contributed by atoms with Crippen molar-refractivity contribution in [3.05, 3.63) is 53.7 Å². The zero-order valence-corrected chi connectivity index (χ0v) is 19.0. The molecule has 3 aromatic rings. The number of piperazine rings is 1. The molecule has 5 rings (SSSR count). The summed E-state index contributed by atoms with van der Waals surface area (Å²) in [6.45, 7) is 6.32. The molecule has 1 N–H and O–H groups in total. The van der Waals surface area contributed by atoms with Gasteiger partial charge in [0.25, 0.3) is 0 Å². The number of hydrogen-bond donors (Lipinski definition) is 1. The molecule has 0 radical (unpaired) electrons. The summed E-state index contributed by atoms with van der Waals surface area (Å²) in [5, 5.41) is 12.6. The topological polar surface area (TPSA) is 101 Å². The van der Waals surface area contributed by atoms with E-state index in [1.807, 2.05) is 6.07 Å². The second-order valence-electron chi connectivity index (χ2n) is 8.17. The molecule has 1 atom stereocenters. The molecule has 0 saturated carbocycles. The fraction of sp³-hybridized carbons (Fsp3) is 0.320. The molecule has 34 heavy (non-hydrogen) atoms. The number of aliphatic hydroxyl groups excluding tert-OH is 1. The van der Waals surface area contributed by atoms with E-state index in [2.05, 4.69) is 16.7 Å². The van der Waals surface area contributed by atoms with E-state index in [0.717, 1.165) is 32.7 Å². The third kappa shape index (κ3) is 3.72. The van der Waals surface area contributed by atoms with Crippen LogP contribution in [0.5, 0.6) is 17.2 Å². The van der Waals surface area contributed by atoms with E-state index in [9.17, 15) is 14.7 Å². The Labute approximate surface area is 196 Å². The number of ether oxygens (including phenoxy) is 3. The zero-order chi connectivity index (χ0) is 23.8. The van der Waals surface area contributed by atoms with E-state index in [1.54, 1.807) is 36.4 Å². The summed E-state index contributed by atoms with van der Waals surface area (Å²) in [4.78, 5) is 33.9. The average Bonchev–Trinajstić information content (AvgIpc) is 3.00. The van der Waals surface area contributed by atoms with Crippen LogP contribution in [0.3, 0.4) is 0 Å². The number of pyridine rings is 1. The lowest BCUT2D eigenvalue weighted by atomic mass is 10.0. The van der Waals surface area contributed by atoms with Gasteiger partial charge in [-0.2, -0.15) is 0 Å². The van der Waals surface area contributed by atoms with Gasteiger partial charge in [0.05, 0.1) is 12.5 Å². The number of esters is 2. The molecule has 2 aliphatic heterocycles. The van der Waals surface area contributed by atoms with Gasteiger partial charge in [-0.1, -0.05) is 37.3 Å². The smallest absolute Gasteiger partial charge is 0.423 e. The van der Waals surface area contributed by atoms with Gasteiger partial charge >= 0.3 is 11.9 Å². The first-order valence-corrected chi connectivity index (χ1v) is 11.2. The number of methoxy groups -OCH3 is 1. The van der Waals surface area contributed by atoms with E-state index in [0.29, 0.717) is 27.9 Å². The highest BCUT2D eigenvalue weighted by Gasteiger charge is 2.34. The molecule has 1 fully saturated rings. The minimum Gasteiger partial charge on any atom is -0.496 e. The van der Waals surface area contributed by atoms with Crippen LogP contribution in [-0.4, -0.2) is 66.8 Å². The van der Waals surface area contributed by atoms with E-state index in [4.69, 9.17) is 19.2 Å². The van der Waals surface area contributed by atoms with Crippen molar-refractivity contribution < 1.29 is 28.9 Å². The average molecular weight is 463 g/mol. The molecule has 1 unspecified atom stereocenters. The predicted molar refractivity (Wildman–Crippen MR) is 124 cm³/mol. The quantitative estimate of drug-likeness (QED) is 0.347. The van der Waals surface area contributed by atoms with Crippen LogP contribution in [0.2, 0.25) is 0 Å². The number of rotatable bonds is 5. The summed E-state index contributed by atoms with van der Waals surface area (Å²) in [5.74, 6) is -1.00. The maximum atomic E-state index is 12.4. The molecule has 9 nitrogen and oxygen atoms in total. The lowest BCUT2D eigenvalue weighted by Gasteiger charge is -2.35. The lowest BCUT2D eigenvalue weighted by Crippen LogP contribution is -2.46. The molecular formula is C25H25N3O6. The number of benzene rings is 2. The van der Waals surface area contributed by atoms with Crippen LogP contribution in [0.15, 0.2) is 42.5 Å². The summed E-state index contributed by atoms with van der Waals surface area (Å²) in [6.07, 6.45) is -1.28. The number of hydrogen-bond acceptors (Lipinski definition) is 9. The minimum absolute atomic E-state index is 0.0100. The van der Waals surface area contributed by atoms with E-state index >= 15 is 0 Å². The maximum absolute atomic E-state index is 12.4. The Balaban J connectivity index is 1.74. The molecule has 176 valence electrons. The van der Waals surface area contributed by atoms with Gasteiger partial charge in [-0.25, -0.2) is 14.6 Å². The first-order chi connectivity index (χ1) is 16.5. The molecule has 2 aromatic carbocycles. The summed E-state index contributed by atoms with van der Waals surface area (Å²) in [6, 6.07) is 12.2. The zero-order valence-electron chi connectivity index (χ0n) is 19.0. The predicted octanol–water partition coefficient (Wildman–Crippen LogP) is 2.29. The Bertz CT molecular complexity index is 1270. The number of aliphatic hydroxyl groups is 1. The second kappa shape index (κ2) is 8.92. The number of para-hydroxylation sites is 1. The van der Waals surface area contributed by atoms with Crippen molar-refractivity contribution in [3.63, 3.8) is 0 Å². The highest BCUT2D eigenvalue weighted by Crippen LogP contribution is 2.45. The monoisotopic (exact) mass is 463 g/mol. The standard InChI is InChI=1S/C25H25N3O6/c1-3-27-11-13-28(14-12-27)23-16-8-6-10-18-19(16)22(34-25(31)24(30)33-18)20(26-23)21(29)15-7-4-5-9-17(15)32-2/h4-10,21,29H,3,11-14H2,1-2H3. The van der Waals surface area contributed by atoms with Gasteiger partial charge in [-0.3, -0.25) is 0 Å². The fourth-order valence-corrected chi connectivity index (χ4v) is 4.51. The van der Waals surface area contributed by atoms with Crippen molar-refractivity contribution in [2.45, 2.75) is 13.0 Å². The first-order valence-electron chi connectivity index (χ1n) is 11.2. The van der Waals surface area contributed by atoms with Crippen molar-refractivity contribution in [1.82, 2.24) is 9.88 Å². The molecule has 2 aliphatic rings. The van der Waals surface area contributed by atoms with Crippen LogP contribution in [0.4, 0.5) is 5.82 Å². The number of likely N-dealkylation sites (N-methyl/N-ethyl adjacent to an activating group) is 1. The normalized spacial score (nSPS) is 17.2. The Morgan fingerprint density at radius 3 is 2.50 bits per heavy atom. The van der Waals surface area contributed by atoms with Gasteiger partial charge in [0.2, 0.25) is 0 Å². The first kappa shape index (κ1) is 22.1. The Morgan fingerprint density at radius 2 is 1.76 bits per heavy atom. The van der Waals surface area contributed by atoms with E-state index in [-0.39, 0.29) is 17.2 Å². The van der Waals surface area contributed by atoms with Crippen LogP contribution in [0.1, 0.15) is 24.3 Å². The Hall–Kier alpha value is -3.69. The molecule has 0 spiro atoms. The van der Waals surface area contributed by atoms with E-state index in [1.165, 1.54) is 7.11 Å². The van der Waals surface area contributed by atoms with Gasteiger partial charge < -0.3 is 29.1 Å². The number of aromatic nitrogens is 1. The molecule has 9 heteroatoms. The summed E-state index contributed by atoms with van der Waals surface area (Å²) >= 11 is 0. The highest BCUT2D eigenvalue weighted by atomic mass is 16.6. The Kier molecular flexibility index (Phi) is 5.80. The molecule has 1 aromatic heterocycles. The van der Waals surface area contributed by atoms with Gasteiger partial charge in [-0.15, -0.1) is 0 Å². The van der Waals surface area contributed by atoms with Crippen LogP contribution < -0.4 is 19.1 Å². The van der Waals surface area contributed by atoms with Gasteiger partial charge in [0.1, 0.15) is 29.1 Å². The molecular weight excluding hydrogens is 438 g/mol. The summed E-state index contributed by atoms with van der Waals surface area (Å²) in [7, 11) is 1.51. The third-order valence-corrected chi connectivity index (χ3v) is 6.33. The van der Waals surface area contributed by atoms with Crippen LogP contribution in [0.25, 0.3) is 10.8 Å². The van der Waals surface area contributed by atoms with Crippen molar-refractivity contribution in [3.8, 4) is 17.2 Å². The number of nitrogens with zero attached hydrogens (tertiary/aromatic N) is 3. The maximum Gasteiger partial charge on any atom is 0.423 e. The van der Waals surface area contributed by atoms with Crippen LogP contribution in [-0.2, 0) is 9.59 Å². The molecule has 0 bridgehead atoms. The van der Waals surface area contributed by atoms with Crippen molar-refractivity contribution in [2.24, 2.45) is 0 Å². The molecule has 1 saturated heterocycles. The summed E-state index contributed by atoms with van der Waals surface area (Å²) < 4.78 is 16.2. The SMILES string of the molecule is CCN1CCN(c2nc(C(O)c3ccccc3OC)c3c4c(cccc24)OC(=O)C(=O)O3)CC1. The van der Waals surface area contributed by atoms with Crippen molar-refractivity contribution >= 4 is 28.5 Å². The number of carbonyl (C=O) groups is 2. The largest absolute Gasteiger partial charge is 0.496 e. The Morgan fingerprint density at radius 1 is 1.03 bits per heavy atom. The molecule has 0 amide bonds. The van der Waals surface area contributed by atoms with Gasteiger partial charge in [0.15, 0.2) is 5.75 Å². The summed E-state index contributed by atoms with van der Waals surface area (Å²) in [5.41, 5.74) is 0.573. The van der Waals surface area contributed by atoms with Crippen molar-refractivity contribution in [1.29, 1.82) is 0 Å². The highest BCUT2D eigenvalue weighted by molar-refractivity contribution is 6.32. The number of anilines is 1. The van der Waals surface area contributed by atoms with Crippen molar-refractivity contribution in [2.75, 3.05) is 44.7 Å². The third-order valence-electron chi connectivity index (χ3n) is 6.33. The lowest BCUT2D eigenvalue weighted by molar-refractivity contribution is -0.155. The minimum atomic E-state index is -1.28. The van der Waals surface area contributed by atoms with Gasteiger partial charge in [-0.05, 0) is 18.7 Å². The molecule has 0 aliphatic carbocycles. The second-order valence-corrected chi connectivity index (χ2v) is 8.17.